The molecule has 0 aliphatic carbocycles. The first-order valence-corrected chi connectivity index (χ1v) is 7.01. The van der Waals surface area contributed by atoms with Gasteiger partial charge in [0.2, 0.25) is 0 Å². The average Bonchev–Trinajstić information content (AvgIpc) is 2.63. The number of aliphatic hydroxyl groups is 1. The smallest absolute Gasteiger partial charge is 0.410 e. The zero-order valence-electron chi connectivity index (χ0n) is 11.6. The fourth-order valence-electron chi connectivity index (χ4n) is 3.12. The summed E-state index contributed by atoms with van der Waals surface area (Å²) in [5, 5.41) is 12.8. The molecule has 3 rings (SSSR count). The van der Waals surface area contributed by atoms with Crippen LogP contribution in [0.1, 0.15) is 25.3 Å². The Labute approximate surface area is 118 Å². The first kappa shape index (κ1) is 13.4. The van der Waals surface area contributed by atoms with Crippen LogP contribution in [-0.2, 0) is 11.3 Å². The fraction of sp³-hybridized carbons (Fsp3) is 0.533. The van der Waals surface area contributed by atoms with Crippen LogP contribution in [-0.4, -0.2) is 40.5 Å². The van der Waals surface area contributed by atoms with E-state index in [9.17, 15) is 9.90 Å². The lowest BCUT2D eigenvalue weighted by molar-refractivity contribution is -0.133. The number of likely N-dealkylation sites (tertiary alicyclic amines) is 1. The van der Waals surface area contributed by atoms with Crippen LogP contribution in [0, 0.1) is 0 Å². The van der Waals surface area contributed by atoms with Crippen molar-refractivity contribution in [1.29, 1.82) is 0 Å². The molecule has 1 aromatic carbocycles. The maximum Gasteiger partial charge on any atom is 0.410 e. The topological polar surface area (TPSA) is 61.8 Å². The summed E-state index contributed by atoms with van der Waals surface area (Å²) in [5.74, 6) is 0. The molecule has 1 unspecified atom stereocenters. The van der Waals surface area contributed by atoms with E-state index < -0.39 is 17.4 Å². The summed E-state index contributed by atoms with van der Waals surface area (Å²) in [6.07, 6.45) is 0.767. The van der Waals surface area contributed by atoms with Crippen molar-refractivity contribution in [1.82, 2.24) is 10.2 Å². The van der Waals surface area contributed by atoms with E-state index in [2.05, 4.69) is 22.3 Å². The van der Waals surface area contributed by atoms with Gasteiger partial charge in [0.15, 0.2) is 11.3 Å². The minimum atomic E-state index is -1.27. The van der Waals surface area contributed by atoms with E-state index in [1.807, 2.05) is 18.2 Å². The summed E-state index contributed by atoms with van der Waals surface area (Å²) in [4.78, 5) is 13.7. The van der Waals surface area contributed by atoms with Gasteiger partial charge in [0.1, 0.15) is 0 Å². The lowest BCUT2D eigenvalue weighted by Crippen LogP contribution is -2.59. The van der Waals surface area contributed by atoms with E-state index in [1.54, 1.807) is 6.92 Å². The van der Waals surface area contributed by atoms with Gasteiger partial charge in [-0.3, -0.25) is 10.2 Å². The number of benzene rings is 1. The summed E-state index contributed by atoms with van der Waals surface area (Å²) in [5.41, 5.74) is -0.781. The van der Waals surface area contributed by atoms with Gasteiger partial charge < -0.3 is 9.84 Å². The number of ether oxygens (including phenoxy) is 1. The van der Waals surface area contributed by atoms with E-state index >= 15 is 0 Å². The van der Waals surface area contributed by atoms with Crippen LogP contribution < -0.4 is 5.32 Å². The van der Waals surface area contributed by atoms with Crippen molar-refractivity contribution in [2.45, 2.75) is 37.6 Å². The van der Waals surface area contributed by atoms with Crippen LogP contribution in [0.2, 0.25) is 0 Å². The number of hydrogen-bond acceptors (Lipinski definition) is 4. The van der Waals surface area contributed by atoms with Gasteiger partial charge in [-0.15, -0.1) is 0 Å². The van der Waals surface area contributed by atoms with E-state index in [0.717, 1.165) is 19.6 Å². The van der Waals surface area contributed by atoms with Crippen LogP contribution in [0.3, 0.4) is 0 Å². The van der Waals surface area contributed by atoms with Crippen LogP contribution in [0.15, 0.2) is 30.3 Å². The minimum Gasteiger partial charge on any atom is -0.438 e. The highest BCUT2D eigenvalue weighted by atomic mass is 16.6. The summed E-state index contributed by atoms with van der Waals surface area (Å²) in [6, 6.07) is 10.3. The molecule has 108 valence electrons. The molecule has 5 nitrogen and oxygen atoms in total. The van der Waals surface area contributed by atoms with Gasteiger partial charge in [0.25, 0.3) is 0 Å². The van der Waals surface area contributed by atoms with Gasteiger partial charge in [-0.2, -0.15) is 0 Å². The zero-order chi connectivity index (χ0) is 14.2. The number of piperidine rings is 1. The second kappa shape index (κ2) is 4.75. The highest BCUT2D eigenvalue weighted by Gasteiger charge is 2.57. The molecule has 5 heteroatoms. The number of hydrogen-bond donors (Lipinski definition) is 2. The first-order valence-electron chi connectivity index (χ1n) is 7.01. The number of carbonyl (C=O) groups excluding carboxylic acids is 1. The minimum absolute atomic E-state index is 0.522. The maximum atomic E-state index is 11.4. The molecule has 2 aliphatic rings. The first-order chi connectivity index (χ1) is 9.51. The normalized spacial score (nSPS) is 29.2. The van der Waals surface area contributed by atoms with Crippen molar-refractivity contribution < 1.29 is 14.6 Å². The van der Waals surface area contributed by atoms with Crippen molar-refractivity contribution in [2.24, 2.45) is 0 Å². The highest BCUT2D eigenvalue weighted by molar-refractivity contribution is 5.71. The van der Waals surface area contributed by atoms with Gasteiger partial charge >= 0.3 is 6.09 Å². The Morgan fingerprint density at radius 2 is 1.95 bits per heavy atom. The van der Waals surface area contributed by atoms with Gasteiger partial charge in [0.05, 0.1) is 0 Å². The molecular formula is C15H20N2O3. The number of nitrogens with one attached hydrogen (secondary N) is 1. The fourth-order valence-corrected chi connectivity index (χ4v) is 3.12. The molecule has 0 aromatic heterocycles. The predicted octanol–water partition coefficient (Wildman–Crippen LogP) is 1.47. The lowest BCUT2D eigenvalue weighted by atomic mass is 9.82. The van der Waals surface area contributed by atoms with E-state index in [4.69, 9.17) is 4.74 Å². The second-order valence-corrected chi connectivity index (χ2v) is 5.84. The van der Waals surface area contributed by atoms with Crippen molar-refractivity contribution in [3.8, 4) is 0 Å². The molecule has 1 amide bonds. The van der Waals surface area contributed by atoms with Crippen molar-refractivity contribution in [3.05, 3.63) is 35.9 Å². The molecule has 1 spiro atoms. The Morgan fingerprint density at radius 3 is 2.50 bits per heavy atom. The highest BCUT2D eigenvalue weighted by Crippen LogP contribution is 2.39. The Kier molecular flexibility index (Phi) is 3.18. The van der Waals surface area contributed by atoms with Gasteiger partial charge in [-0.25, -0.2) is 4.79 Å². The van der Waals surface area contributed by atoms with Crippen molar-refractivity contribution in [2.75, 3.05) is 13.1 Å². The molecule has 2 fully saturated rings. The third-order valence-corrected chi connectivity index (χ3v) is 4.43. The lowest BCUT2D eigenvalue weighted by Gasteiger charge is -2.42. The molecule has 0 bridgehead atoms. The molecule has 2 N–H and O–H groups in total. The van der Waals surface area contributed by atoms with Gasteiger partial charge in [-0.1, -0.05) is 30.3 Å². The predicted molar refractivity (Wildman–Crippen MR) is 73.9 cm³/mol. The number of amides is 1. The second-order valence-electron chi connectivity index (χ2n) is 5.84. The standard InChI is InChI=1S/C15H20N2O3/c1-14(19)15(20-13(18)16-14)7-9-17(10-8-15)11-12-5-3-2-4-6-12/h2-6,19H,7-11H2,1H3,(H,16,18). The molecular weight excluding hydrogens is 256 g/mol. The Morgan fingerprint density at radius 1 is 1.30 bits per heavy atom. The summed E-state index contributed by atoms with van der Waals surface area (Å²) in [6.45, 7) is 4.12. The molecule has 1 atom stereocenters. The third-order valence-electron chi connectivity index (χ3n) is 4.43. The van der Waals surface area contributed by atoms with Crippen LogP contribution in [0.5, 0.6) is 0 Å². The monoisotopic (exact) mass is 276 g/mol. The average molecular weight is 276 g/mol. The van der Waals surface area contributed by atoms with E-state index in [0.29, 0.717) is 12.8 Å². The number of nitrogens with zero attached hydrogens (tertiary/aromatic N) is 1. The number of alkyl carbamates (subject to hydrolysis) is 1. The molecule has 20 heavy (non-hydrogen) atoms. The number of carbonyl (C=O) groups is 1. The maximum absolute atomic E-state index is 11.4. The number of rotatable bonds is 2. The third kappa shape index (κ3) is 2.27. The quantitative estimate of drug-likeness (QED) is 0.858. The Hall–Kier alpha value is -1.59. The zero-order valence-corrected chi connectivity index (χ0v) is 11.6. The largest absolute Gasteiger partial charge is 0.438 e. The van der Waals surface area contributed by atoms with Crippen LogP contribution in [0.4, 0.5) is 4.79 Å². The van der Waals surface area contributed by atoms with Crippen molar-refractivity contribution in [3.63, 3.8) is 0 Å². The SMILES string of the molecule is CC1(O)NC(=O)OC12CCN(Cc1ccccc1)CC2. The molecule has 2 heterocycles. The van der Waals surface area contributed by atoms with Crippen LogP contribution >= 0.6 is 0 Å². The molecule has 0 saturated carbocycles. The Balaban J connectivity index is 1.64. The van der Waals surface area contributed by atoms with E-state index in [1.165, 1.54) is 5.56 Å². The van der Waals surface area contributed by atoms with Crippen LogP contribution in [0.25, 0.3) is 0 Å². The Bertz CT molecular complexity index is 493. The summed E-state index contributed by atoms with van der Waals surface area (Å²) < 4.78 is 5.38. The summed E-state index contributed by atoms with van der Waals surface area (Å²) >= 11 is 0. The molecule has 1 aromatic rings. The van der Waals surface area contributed by atoms with Crippen molar-refractivity contribution >= 4 is 6.09 Å². The molecule has 2 saturated heterocycles. The van der Waals surface area contributed by atoms with Gasteiger partial charge in [-0.05, 0) is 12.5 Å². The van der Waals surface area contributed by atoms with Gasteiger partial charge in [0, 0.05) is 32.5 Å². The molecule has 2 aliphatic heterocycles. The summed E-state index contributed by atoms with van der Waals surface area (Å²) in [7, 11) is 0. The van der Waals surface area contributed by atoms with E-state index in [-0.39, 0.29) is 0 Å². The molecule has 0 radical (unpaired) electrons.